The number of rotatable bonds is 11. The van der Waals surface area contributed by atoms with E-state index in [4.69, 9.17) is 16.3 Å². The molecule has 1 heterocycles. The molecule has 2 N–H and O–H groups in total. The van der Waals surface area contributed by atoms with E-state index in [2.05, 4.69) is 15.5 Å². The van der Waals surface area contributed by atoms with Crippen molar-refractivity contribution in [2.75, 3.05) is 81.0 Å². The van der Waals surface area contributed by atoms with Crippen LogP contribution in [0.3, 0.4) is 0 Å². The molecule has 0 aromatic heterocycles. The van der Waals surface area contributed by atoms with Crippen molar-refractivity contribution in [1.29, 1.82) is 0 Å². The SMILES string of the molecule is CN(C)CCCN(C)c1cccc(Nc2cc(C(=O)Nc3cc(F)cc(N4CCOCC4)c3)ccc2Cl)c1[N+](=O)[O-]. The zero-order valence-electron chi connectivity index (χ0n) is 23.3. The highest BCUT2D eigenvalue weighted by Crippen LogP contribution is 2.38. The van der Waals surface area contributed by atoms with Crippen LogP contribution in [0.2, 0.25) is 5.02 Å². The Balaban J connectivity index is 1.55. The molecule has 0 saturated carbocycles. The number of amides is 1. The summed E-state index contributed by atoms with van der Waals surface area (Å²) in [5, 5.41) is 18.2. The maximum Gasteiger partial charge on any atom is 0.315 e. The third-order valence-electron chi connectivity index (χ3n) is 6.72. The normalized spacial score (nSPS) is 13.3. The third kappa shape index (κ3) is 7.84. The van der Waals surface area contributed by atoms with Gasteiger partial charge < -0.3 is 30.1 Å². The summed E-state index contributed by atoms with van der Waals surface area (Å²) in [4.78, 5) is 30.8. The van der Waals surface area contributed by atoms with Crippen molar-refractivity contribution >= 4 is 51.6 Å². The number of para-hydroxylation sites is 1. The van der Waals surface area contributed by atoms with Gasteiger partial charge in [-0.2, -0.15) is 0 Å². The van der Waals surface area contributed by atoms with Crippen molar-refractivity contribution in [3.05, 3.63) is 81.1 Å². The van der Waals surface area contributed by atoms with E-state index in [0.717, 1.165) is 13.0 Å². The van der Waals surface area contributed by atoms with Crippen LogP contribution in [0.15, 0.2) is 54.6 Å². The fourth-order valence-electron chi connectivity index (χ4n) is 4.64. The number of nitro benzene ring substituents is 1. The van der Waals surface area contributed by atoms with E-state index >= 15 is 0 Å². The molecule has 1 saturated heterocycles. The number of carbonyl (C=O) groups is 1. The Labute approximate surface area is 243 Å². The van der Waals surface area contributed by atoms with Crippen LogP contribution in [0.25, 0.3) is 0 Å². The van der Waals surface area contributed by atoms with E-state index in [1.807, 2.05) is 30.9 Å². The molecular formula is C29H34ClFN6O4. The molecule has 0 atom stereocenters. The number of nitrogens with one attached hydrogen (secondary N) is 2. The van der Waals surface area contributed by atoms with E-state index in [1.54, 1.807) is 24.3 Å². The summed E-state index contributed by atoms with van der Waals surface area (Å²) in [5.41, 5.74) is 2.14. The highest BCUT2D eigenvalue weighted by Gasteiger charge is 2.23. The quantitative estimate of drug-likeness (QED) is 0.221. The molecule has 3 aromatic carbocycles. The van der Waals surface area contributed by atoms with E-state index in [-0.39, 0.29) is 22.0 Å². The number of morpholine rings is 1. The van der Waals surface area contributed by atoms with Crippen molar-refractivity contribution in [3.63, 3.8) is 0 Å². The van der Waals surface area contributed by atoms with Crippen LogP contribution in [0.5, 0.6) is 0 Å². The predicted molar refractivity (Wildman–Crippen MR) is 162 cm³/mol. The average Bonchev–Trinajstić information content (AvgIpc) is 2.93. The van der Waals surface area contributed by atoms with Crippen LogP contribution in [0, 0.1) is 15.9 Å². The van der Waals surface area contributed by atoms with Gasteiger partial charge in [0.1, 0.15) is 17.2 Å². The maximum absolute atomic E-state index is 14.4. The first-order valence-corrected chi connectivity index (χ1v) is 13.6. The highest BCUT2D eigenvalue weighted by atomic mass is 35.5. The summed E-state index contributed by atoms with van der Waals surface area (Å²) in [5.74, 6) is -0.950. The Kier molecular flexibility index (Phi) is 9.98. The van der Waals surface area contributed by atoms with Gasteiger partial charge in [0.05, 0.1) is 28.8 Å². The van der Waals surface area contributed by atoms with Crippen molar-refractivity contribution in [2.24, 2.45) is 0 Å². The molecule has 4 rings (SSSR count). The number of nitro groups is 1. The molecule has 1 amide bonds. The topological polar surface area (TPSA) is 103 Å². The van der Waals surface area contributed by atoms with Gasteiger partial charge in [-0.25, -0.2) is 4.39 Å². The smallest absolute Gasteiger partial charge is 0.315 e. The van der Waals surface area contributed by atoms with Gasteiger partial charge in [0.25, 0.3) is 5.91 Å². The van der Waals surface area contributed by atoms with Gasteiger partial charge >= 0.3 is 5.69 Å². The number of hydrogen-bond acceptors (Lipinski definition) is 8. The van der Waals surface area contributed by atoms with Gasteiger partial charge in [-0.1, -0.05) is 17.7 Å². The predicted octanol–water partition coefficient (Wildman–Crippen LogP) is 5.61. The average molecular weight is 585 g/mol. The minimum atomic E-state index is -0.480. The number of hydrogen-bond donors (Lipinski definition) is 2. The second kappa shape index (κ2) is 13.6. The Morgan fingerprint density at radius 1 is 1.07 bits per heavy atom. The van der Waals surface area contributed by atoms with Crippen LogP contribution >= 0.6 is 11.6 Å². The zero-order chi connectivity index (χ0) is 29.5. The molecular weight excluding hydrogens is 551 g/mol. The number of benzene rings is 3. The highest BCUT2D eigenvalue weighted by molar-refractivity contribution is 6.33. The Morgan fingerprint density at radius 3 is 2.54 bits per heavy atom. The molecule has 0 unspecified atom stereocenters. The van der Waals surface area contributed by atoms with Gasteiger partial charge in [-0.3, -0.25) is 14.9 Å². The maximum atomic E-state index is 14.4. The lowest BCUT2D eigenvalue weighted by molar-refractivity contribution is -0.383. The van der Waals surface area contributed by atoms with Crippen molar-refractivity contribution in [1.82, 2.24) is 4.90 Å². The summed E-state index contributed by atoms with van der Waals surface area (Å²) in [6.45, 7) is 3.83. The van der Waals surface area contributed by atoms with Crippen LogP contribution in [-0.4, -0.2) is 76.3 Å². The van der Waals surface area contributed by atoms with Gasteiger partial charge in [0, 0.05) is 43.6 Å². The Hall–Kier alpha value is -3.93. The first kappa shape index (κ1) is 30.0. The van der Waals surface area contributed by atoms with Crippen LogP contribution in [0.1, 0.15) is 16.8 Å². The number of anilines is 5. The van der Waals surface area contributed by atoms with Gasteiger partial charge in [-0.05, 0) is 75.6 Å². The number of ether oxygens (including phenoxy) is 1. The standard InChI is InChI=1S/C29H34ClFN6O4/c1-34(2)10-5-11-35(3)27-7-4-6-25(28(27)37(39)40)33-26-16-20(8-9-24(26)30)29(38)32-22-17-21(31)18-23(19-22)36-12-14-41-15-13-36/h4,6-9,16-19,33H,5,10-15H2,1-3H3,(H,32,38). The molecule has 1 aliphatic rings. The van der Waals surface area contributed by atoms with E-state index < -0.39 is 16.6 Å². The molecule has 0 spiro atoms. The molecule has 218 valence electrons. The fourth-order valence-corrected chi connectivity index (χ4v) is 4.80. The van der Waals surface area contributed by atoms with Gasteiger partial charge in [0.15, 0.2) is 0 Å². The summed E-state index contributed by atoms with van der Waals surface area (Å²) in [7, 11) is 5.77. The van der Waals surface area contributed by atoms with Crippen molar-refractivity contribution in [3.8, 4) is 0 Å². The Bertz CT molecular complexity index is 1400. The van der Waals surface area contributed by atoms with E-state index in [0.29, 0.717) is 55.6 Å². The zero-order valence-corrected chi connectivity index (χ0v) is 24.1. The van der Waals surface area contributed by atoms with Gasteiger partial charge in [-0.15, -0.1) is 0 Å². The summed E-state index contributed by atoms with van der Waals surface area (Å²) >= 11 is 6.43. The minimum absolute atomic E-state index is 0.0961. The largest absolute Gasteiger partial charge is 0.378 e. The van der Waals surface area contributed by atoms with E-state index in [1.165, 1.54) is 30.3 Å². The van der Waals surface area contributed by atoms with Gasteiger partial charge in [0.2, 0.25) is 0 Å². The molecule has 0 aliphatic carbocycles. The number of nitrogens with zero attached hydrogens (tertiary/aromatic N) is 4. The van der Waals surface area contributed by atoms with Crippen molar-refractivity contribution in [2.45, 2.75) is 6.42 Å². The molecule has 0 bridgehead atoms. The molecule has 10 nitrogen and oxygen atoms in total. The molecule has 1 aliphatic heterocycles. The molecule has 3 aromatic rings. The number of carbonyl (C=O) groups excluding carboxylic acids is 1. The second-order valence-corrected chi connectivity index (χ2v) is 10.5. The third-order valence-corrected chi connectivity index (χ3v) is 7.05. The Morgan fingerprint density at radius 2 is 1.83 bits per heavy atom. The first-order valence-electron chi connectivity index (χ1n) is 13.3. The minimum Gasteiger partial charge on any atom is -0.378 e. The summed E-state index contributed by atoms with van der Waals surface area (Å²) < 4.78 is 19.8. The molecule has 12 heteroatoms. The van der Waals surface area contributed by atoms with Crippen LogP contribution in [-0.2, 0) is 4.74 Å². The second-order valence-electron chi connectivity index (χ2n) is 10.1. The van der Waals surface area contributed by atoms with E-state index in [9.17, 15) is 19.3 Å². The lowest BCUT2D eigenvalue weighted by Gasteiger charge is -2.29. The molecule has 1 fully saturated rings. The summed E-state index contributed by atoms with van der Waals surface area (Å²) in [6.07, 6.45) is 0.834. The lowest BCUT2D eigenvalue weighted by Crippen LogP contribution is -2.36. The summed E-state index contributed by atoms with van der Waals surface area (Å²) in [6, 6.07) is 14.0. The van der Waals surface area contributed by atoms with Crippen LogP contribution < -0.4 is 20.4 Å². The first-order chi connectivity index (χ1) is 19.6. The fraction of sp³-hybridized carbons (Fsp3) is 0.345. The van der Waals surface area contributed by atoms with Crippen LogP contribution in [0.4, 0.5) is 38.5 Å². The molecule has 0 radical (unpaired) electrons. The number of halogens is 2. The molecule has 41 heavy (non-hydrogen) atoms. The monoisotopic (exact) mass is 584 g/mol. The van der Waals surface area contributed by atoms with Crippen molar-refractivity contribution < 1.29 is 18.8 Å². The lowest BCUT2D eigenvalue weighted by atomic mass is 10.1.